The van der Waals surface area contributed by atoms with Crippen LogP contribution in [0.2, 0.25) is 20.1 Å². The van der Waals surface area contributed by atoms with Gasteiger partial charge in [-0.2, -0.15) is 0 Å². The van der Waals surface area contributed by atoms with Crippen LogP contribution in [0.25, 0.3) is 0 Å². The molecule has 0 saturated carbocycles. The molecule has 0 aliphatic carbocycles. The van der Waals surface area contributed by atoms with Gasteiger partial charge in [-0.15, -0.1) is 9.24 Å². The average molecular weight is 340 g/mol. The van der Waals surface area contributed by atoms with Crippen LogP contribution < -0.4 is 0 Å². The van der Waals surface area contributed by atoms with Crippen molar-refractivity contribution >= 4 is 77.8 Å². The summed E-state index contributed by atoms with van der Waals surface area (Å²) in [4.78, 5) is 11.1. The molecule has 96 valence electrons. The Bertz CT molecular complexity index is 398. The van der Waals surface area contributed by atoms with Gasteiger partial charge in [-0.25, -0.2) is 0 Å². The molecule has 1 aromatic carbocycles. The molecule has 7 heteroatoms. The zero-order chi connectivity index (χ0) is 14.3. The average Bonchev–Trinajstić information content (AvgIpc) is 2.28. The Morgan fingerprint density at radius 3 is 1.89 bits per heavy atom. The van der Waals surface area contributed by atoms with Crippen molar-refractivity contribution in [3.63, 3.8) is 0 Å². The molecule has 18 heavy (non-hydrogen) atoms. The molecule has 0 bridgehead atoms. The van der Waals surface area contributed by atoms with Gasteiger partial charge in [0.15, 0.2) is 0 Å². The molecule has 0 heterocycles. The van der Waals surface area contributed by atoms with Crippen LogP contribution in [0.4, 0.5) is 0 Å². The van der Waals surface area contributed by atoms with Gasteiger partial charge in [-0.05, 0) is 6.16 Å². The molecule has 1 rings (SSSR count). The zero-order valence-corrected chi connectivity index (χ0v) is 14.4. The number of benzene rings is 1. The summed E-state index contributed by atoms with van der Waals surface area (Å²) in [5.41, 5.74) is 0.167. The summed E-state index contributed by atoms with van der Waals surface area (Å²) in [7, 11) is 2.70. The second-order valence-corrected chi connectivity index (χ2v) is 5.69. The quantitative estimate of drug-likeness (QED) is 0.416. The second-order valence-electron chi connectivity index (χ2n) is 3.54. The summed E-state index contributed by atoms with van der Waals surface area (Å²) in [6.45, 7) is 2.20. The molecule has 1 atom stereocenters. The summed E-state index contributed by atoms with van der Waals surface area (Å²) < 4.78 is -0.264. The van der Waals surface area contributed by atoms with E-state index in [1.165, 1.54) is 42.8 Å². The van der Waals surface area contributed by atoms with Crippen LogP contribution in [0.5, 0.6) is 0 Å². The zero-order valence-electron chi connectivity index (χ0n) is 10.2. The number of hydrogen-bond donors (Lipinski definition) is 0. The number of hydrogen-bond acceptors (Lipinski definition) is 1. The van der Waals surface area contributed by atoms with E-state index in [9.17, 15) is 4.79 Å². The van der Waals surface area contributed by atoms with Gasteiger partial charge in [0, 0.05) is 0 Å². The standard InChI is InChI=1S/C7HCl4O.C4H11P.Li/c8-4-1-5(9)7(11)3(2-12)6(4)10;1-2-3-4-5;/h1H;2-5H2,1H3;. The molecule has 1 unspecified atom stereocenters. The van der Waals surface area contributed by atoms with E-state index < -0.39 is 0 Å². The molecule has 1 aromatic rings. The van der Waals surface area contributed by atoms with Gasteiger partial charge in [0.25, 0.3) is 0 Å². The van der Waals surface area contributed by atoms with Gasteiger partial charge in [0.1, 0.15) is 0 Å². The third kappa shape index (κ3) is 6.02. The molecule has 0 spiro atoms. The first kappa shape index (κ1) is 19.1. The summed E-state index contributed by atoms with van der Waals surface area (Å²) in [5, 5.41) is 0.731. The number of rotatable bonds is 3. The molecule has 1 nitrogen and oxygen atoms in total. The first-order chi connectivity index (χ1) is 8.36. The molecule has 0 aliphatic heterocycles. The predicted octanol–water partition coefficient (Wildman–Crippen LogP) is 5.27. The Balaban J connectivity index is 0.000000494. The molecule has 0 radical (unpaired) electrons. The van der Waals surface area contributed by atoms with E-state index in [-0.39, 0.29) is 30.1 Å². The van der Waals surface area contributed by atoms with Crippen LogP contribution in [0.15, 0.2) is 6.07 Å². The van der Waals surface area contributed by atoms with Gasteiger partial charge in [0.2, 0.25) is 0 Å². The maximum atomic E-state index is 11.1. The fourth-order valence-corrected chi connectivity index (χ4v) is 2.57. The summed E-state index contributed by atoms with van der Waals surface area (Å²) in [6.07, 6.45) is 3.94. The maximum absolute atomic E-state index is 11.1. The normalized spacial score (nSPS) is 9.78. The van der Waals surface area contributed by atoms with Gasteiger partial charge in [-0.1, -0.05) is 19.8 Å². The van der Waals surface area contributed by atoms with E-state index in [2.05, 4.69) is 16.2 Å². The van der Waals surface area contributed by atoms with Crippen molar-refractivity contribution in [1.82, 2.24) is 0 Å². The number of carbonyl (C=O) groups excluding carboxylic acids is 1. The molecular weight excluding hydrogens is 328 g/mol. The van der Waals surface area contributed by atoms with E-state index >= 15 is 0 Å². The Morgan fingerprint density at radius 1 is 1.22 bits per heavy atom. The van der Waals surface area contributed by atoms with Crippen molar-refractivity contribution in [3.05, 3.63) is 31.7 Å². The third-order valence-electron chi connectivity index (χ3n) is 2.02. The second kappa shape index (κ2) is 9.90. The van der Waals surface area contributed by atoms with Gasteiger partial charge >= 0.3 is 105 Å². The molecule has 0 amide bonds. The molecule has 0 aromatic heterocycles. The monoisotopic (exact) mass is 338 g/mol. The van der Waals surface area contributed by atoms with E-state index in [1.807, 2.05) is 0 Å². The van der Waals surface area contributed by atoms with Crippen molar-refractivity contribution in [2.24, 2.45) is 0 Å². The van der Waals surface area contributed by atoms with Crippen LogP contribution >= 0.6 is 55.6 Å². The molecule has 0 N–H and O–H groups in total. The van der Waals surface area contributed by atoms with Crippen LogP contribution in [0.3, 0.4) is 0 Å². The van der Waals surface area contributed by atoms with Gasteiger partial charge in [-0.3, -0.25) is 0 Å². The van der Waals surface area contributed by atoms with E-state index in [0.717, 1.165) is 0 Å². The first-order valence-corrected chi connectivity index (χ1v) is 7.73. The summed E-state index contributed by atoms with van der Waals surface area (Å²) in [6, 6.07) is 1.40. The van der Waals surface area contributed by atoms with Crippen LogP contribution in [-0.4, -0.2) is 28.3 Å². The molecule has 0 saturated heterocycles. The SMILES string of the molecule is CCCCP.[Li][C](=O)c1c(Cl)c(Cl)cc(Cl)c1Cl. The fourth-order valence-electron chi connectivity index (χ4n) is 1.09. The van der Waals surface area contributed by atoms with Gasteiger partial charge < -0.3 is 0 Å². The minimum atomic E-state index is -0.264. The molecular formula is C11H12Cl4LiOP. The fraction of sp³-hybridized carbons (Fsp3) is 0.364. The molecule has 0 aliphatic rings. The van der Waals surface area contributed by atoms with Gasteiger partial charge in [0.05, 0.1) is 0 Å². The number of halogens is 4. The van der Waals surface area contributed by atoms with E-state index in [4.69, 9.17) is 46.4 Å². The Morgan fingerprint density at radius 2 is 1.67 bits per heavy atom. The Labute approximate surface area is 139 Å². The Hall–Kier alpha value is 1.08. The molecule has 0 fully saturated rings. The first-order valence-electron chi connectivity index (χ1n) is 5.40. The summed E-state index contributed by atoms with van der Waals surface area (Å²) >= 11 is 24.3. The van der Waals surface area contributed by atoms with Crippen molar-refractivity contribution in [2.75, 3.05) is 6.16 Å². The van der Waals surface area contributed by atoms with Crippen molar-refractivity contribution in [1.29, 1.82) is 0 Å². The number of unbranched alkanes of at least 4 members (excludes halogenated alkanes) is 1. The van der Waals surface area contributed by atoms with Crippen LogP contribution in [-0.2, 0) is 0 Å². The van der Waals surface area contributed by atoms with Crippen molar-refractivity contribution in [2.45, 2.75) is 19.8 Å². The summed E-state index contributed by atoms with van der Waals surface area (Å²) in [5.74, 6) is 0. The van der Waals surface area contributed by atoms with Crippen molar-refractivity contribution in [3.8, 4) is 0 Å². The topological polar surface area (TPSA) is 17.1 Å². The van der Waals surface area contributed by atoms with E-state index in [0.29, 0.717) is 0 Å². The predicted molar refractivity (Wildman–Crippen MR) is 86.1 cm³/mol. The third-order valence-corrected chi connectivity index (χ3v) is 4.00. The Kier molecular flexibility index (Phi) is 10.5. The van der Waals surface area contributed by atoms with Crippen LogP contribution in [0.1, 0.15) is 30.1 Å². The minimum absolute atomic E-state index is 0.142. The number of carbonyl (C=O) groups is 1. The van der Waals surface area contributed by atoms with Crippen LogP contribution in [0, 0.1) is 0 Å². The van der Waals surface area contributed by atoms with Crippen molar-refractivity contribution < 1.29 is 4.79 Å². The van der Waals surface area contributed by atoms with E-state index in [1.54, 1.807) is 0 Å².